The van der Waals surface area contributed by atoms with E-state index in [9.17, 15) is 0 Å². The van der Waals surface area contributed by atoms with Gasteiger partial charge in [0.2, 0.25) is 0 Å². The van der Waals surface area contributed by atoms with Crippen molar-refractivity contribution in [2.24, 2.45) is 0 Å². The fourth-order valence-electron chi connectivity index (χ4n) is 0.409. The average Bonchev–Trinajstić information content (AvgIpc) is 1.68. The maximum absolute atomic E-state index is 5.46. The summed E-state index contributed by atoms with van der Waals surface area (Å²) in [5.41, 5.74) is 0. The monoisotopic (exact) mass is 150 g/mol. The summed E-state index contributed by atoms with van der Waals surface area (Å²) < 4.78 is 4.77. The molecule has 0 heterocycles. The van der Waals surface area contributed by atoms with Crippen LogP contribution in [-0.2, 0) is 4.74 Å². The van der Waals surface area contributed by atoms with Crippen LogP contribution < -0.4 is 0 Å². The first-order valence-corrected chi connectivity index (χ1v) is 4.09. The summed E-state index contributed by atoms with van der Waals surface area (Å²) >= 11 is 5.46. The second kappa shape index (κ2) is 5.19. The Balaban J connectivity index is 3.29. The SMILES string of the molecule is COC=C([SiH3])CCCl. The molecule has 0 saturated heterocycles. The molecule has 0 amide bonds. The number of halogens is 1. The molecule has 0 radical (unpaired) electrons. The van der Waals surface area contributed by atoms with Crippen molar-refractivity contribution in [1.82, 2.24) is 0 Å². The van der Waals surface area contributed by atoms with Crippen molar-refractivity contribution in [3.63, 3.8) is 0 Å². The Morgan fingerprint density at radius 3 is 2.88 bits per heavy atom. The van der Waals surface area contributed by atoms with Crippen molar-refractivity contribution in [1.29, 1.82) is 0 Å². The van der Waals surface area contributed by atoms with E-state index in [0.717, 1.165) is 16.7 Å². The first kappa shape index (κ1) is 8.05. The van der Waals surface area contributed by atoms with E-state index in [1.165, 1.54) is 5.20 Å². The number of rotatable bonds is 3. The van der Waals surface area contributed by atoms with E-state index in [4.69, 9.17) is 16.3 Å². The van der Waals surface area contributed by atoms with Gasteiger partial charge >= 0.3 is 0 Å². The van der Waals surface area contributed by atoms with Crippen molar-refractivity contribution in [2.45, 2.75) is 6.42 Å². The van der Waals surface area contributed by atoms with E-state index in [1.807, 2.05) is 0 Å². The van der Waals surface area contributed by atoms with Crippen molar-refractivity contribution in [3.8, 4) is 0 Å². The highest BCUT2D eigenvalue weighted by atomic mass is 35.5. The highest BCUT2D eigenvalue weighted by Gasteiger charge is 1.84. The zero-order valence-corrected chi connectivity index (χ0v) is 8.03. The van der Waals surface area contributed by atoms with Crippen LogP contribution in [0.3, 0.4) is 0 Å². The Bertz CT molecular complexity index is 82.5. The van der Waals surface area contributed by atoms with Gasteiger partial charge in [-0.15, -0.1) is 11.6 Å². The number of hydrogen-bond acceptors (Lipinski definition) is 1. The zero-order valence-electron chi connectivity index (χ0n) is 5.28. The Labute approximate surface area is 58.1 Å². The van der Waals surface area contributed by atoms with Crippen LogP contribution in [0.15, 0.2) is 11.5 Å². The van der Waals surface area contributed by atoms with Crippen molar-refractivity contribution in [3.05, 3.63) is 11.5 Å². The molecule has 0 bridgehead atoms. The molecule has 0 aromatic carbocycles. The van der Waals surface area contributed by atoms with Gasteiger partial charge in [-0.1, -0.05) is 5.20 Å². The minimum atomic E-state index is 0.707. The molecule has 0 fully saturated rings. The van der Waals surface area contributed by atoms with Gasteiger partial charge in [0.05, 0.1) is 13.4 Å². The molecular formula is C5H11ClOSi. The summed E-state index contributed by atoms with van der Waals surface area (Å²) in [7, 11) is 2.72. The number of methoxy groups -OCH3 is 1. The zero-order chi connectivity index (χ0) is 6.41. The van der Waals surface area contributed by atoms with Gasteiger partial charge in [-0.25, -0.2) is 0 Å². The first-order chi connectivity index (χ1) is 3.81. The molecule has 0 rings (SSSR count). The molecule has 0 aromatic heterocycles. The highest BCUT2D eigenvalue weighted by Crippen LogP contribution is 1.95. The molecule has 8 heavy (non-hydrogen) atoms. The Hall–Kier alpha value is 0.0469. The molecule has 0 aliphatic heterocycles. The van der Waals surface area contributed by atoms with Crippen molar-refractivity contribution in [2.75, 3.05) is 13.0 Å². The number of ether oxygens (including phenoxy) is 1. The molecule has 0 saturated carbocycles. The minimum Gasteiger partial charge on any atom is -0.505 e. The van der Waals surface area contributed by atoms with Gasteiger partial charge in [0, 0.05) is 16.1 Å². The topological polar surface area (TPSA) is 9.23 Å². The fraction of sp³-hybridized carbons (Fsp3) is 0.600. The Morgan fingerprint density at radius 1 is 1.88 bits per heavy atom. The summed E-state index contributed by atoms with van der Waals surface area (Å²) in [6.45, 7) is 0. The molecule has 0 aliphatic rings. The van der Waals surface area contributed by atoms with Gasteiger partial charge in [0.25, 0.3) is 0 Å². The summed E-state index contributed by atoms with van der Waals surface area (Å²) in [6, 6.07) is 0. The third-order valence-corrected chi connectivity index (χ3v) is 1.73. The van der Waals surface area contributed by atoms with Gasteiger partial charge < -0.3 is 4.74 Å². The molecule has 48 valence electrons. The van der Waals surface area contributed by atoms with Crippen LogP contribution in [0.2, 0.25) is 0 Å². The highest BCUT2D eigenvalue weighted by molar-refractivity contribution is 6.23. The first-order valence-electron chi connectivity index (χ1n) is 2.55. The maximum Gasteiger partial charge on any atom is 0.0768 e. The van der Waals surface area contributed by atoms with E-state index in [0.29, 0.717) is 5.88 Å². The molecule has 0 aliphatic carbocycles. The van der Waals surface area contributed by atoms with E-state index in [-0.39, 0.29) is 0 Å². The van der Waals surface area contributed by atoms with Gasteiger partial charge in [0.1, 0.15) is 0 Å². The summed E-state index contributed by atoms with van der Waals surface area (Å²) in [6.07, 6.45) is 2.75. The lowest BCUT2D eigenvalue weighted by Crippen LogP contribution is -1.83. The summed E-state index contributed by atoms with van der Waals surface area (Å²) in [5.74, 6) is 0.707. The van der Waals surface area contributed by atoms with Gasteiger partial charge in [-0.3, -0.25) is 0 Å². The lowest BCUT2D eigenvalue weighted by atomic mass is 10.5. The van der Waals surface area contributed by atoms with Crippen LogP contribution >= 0.6 is 11.6 Å². The minimum absolute atomic E-state index is 0.707. The largest absolute Gasteiger partial charge is 0.505 e. The molecule has 3 heteroatoms. The average molecular weight is 151 g/mol. The second-order valence-corrected chi connectivity index (χ2v) is 3.30. The van der Waals surface area contributed by atoms with Crippen LogP contribution in [0.1, 0.15) is 6.42 Å². The van der Waals surface area contributed by atoms with Crippen LogP contribution in [0.4, 0.5) is 0 Å². The predicted octanol–water partition coefficient (Wildman–Crippen LogP) is 0.469. The van der Waals surface area contributed by atoms with Gasteiger partial charge in [-0.2, -0.15) is 0 Å². The van der Waals surface area contributed by atoms with E-state index < -0.39 is 0 Å². The lowest BCUT2D eigenvalue weighted by molar-refractivity contribution is 0.335. The summed E-state index contributed by atoms with van der Waals surface area (Å²) in [4.78, 5) is 0. The molecular weight excluding hydrogens is 140 g/mol. The van der Waals surface area contributed by atoms with Crippen LogP contribution in [0.5, 0.6) is 0 Å². The molecule has 0 N–H and O–H groups in total. The number of hydrogen-bond donors (Lipinski definition) is 0. The predicted molar refractivity (Wildman–Crippen MR) is 40.4 cm³/mol. The quantitative estimate of drug-likeness (QED) is 0.323. The van der Waals surface area contributed by atoms with Crippen LogP contribution in [-0.4, -0.2) is 23.2 Å². The summed E-state index contributed by atoms with van der Waals surface area (Å²) in [5, 5.41) is 1.32. The molecule has 1 nitrogen and oxygen atoms in total. The lowest BCUT2D eigenvalue weighted by Gasteiger charge is -1.93. The van der Waals surface area contributed by atoms with Crippen molar-refractivity contribution >= 4 is 21.8 Å². The van der Waals surface area contributed by atoms with Crippen LogP contribution in [0, 0.1) is 0 Å². The number of alkyl halides is 1. The molecule has 0 aromatic rings. The van der Waals surface area contributed by atoms with E-state index in [2.05, 4.69) is 0 Å². The third kappa shape index (κ3) is 4.21. The molecule has 0 unspecified atom stereocenters. The van der Waals surface area contributed by atoms with Crippen LogP contribution in [0.25, 0.3) is 0 Å². The van der Waals surface area contributed by atoms with Gasteiger partial charge in [0.15, 0.2) is 0 Å². The van der Waals surface area contributed by atoms with Crippen molar-refractivity contribution < 1.29 is 4.74 Å². The molecule has 0 spiro atoms. The van der Waals surface area contributed by atoms with E-state index in [1.54, 1.807) is 13.4 Å². The molecule has 0 atom stereocenters. The van der Waals surface area contributed by atoms with Gasteiger partial charge in [-0.05, 0) is 6.42 Å². The number of allylic oxidation sites excluding steroid dienone is 1. The van der Waals surface area contributed by atoms with E-state index >= 15 is 0 Å². The fourth-order valence-corrected chi connectivity index (χ4v) is 1.51. The smallest absolute Gasteiger partial charge is 0.0768 e. The second-order valence-electron chi connectivity index (χ2n) is 1.64. The standard InChI is InChI=1S/C5H11ClOSi/c1-7-4-5(8)2-3-6/h4H,2-3H2,1,8H3. The Morgan fingerprint density at radius 2 is 2.50 bits per heavy atom. The maximum atomic E-state index is 5.46. The Kier molecular flexibility index (Phi) is 5.22. The normalized spacial score (nSPS) is 12.0. The third-order valence-electron chi connectivity index (χ3n) is 0.808.